The number of allylic oxidation sites excluding steroid dienone is 2. The summed E-state index contributed by atoms with van der Waals surface area (Å²) in [4.78, 5) is 39.8. The molecule has 2 aromatic carbocycles. The number of carbonyl (C=O) groups excluding carboxylic acids is 3. The number of aryl methyl sites for hydroxylation is 2. The van der Waals surface area contributed by atoms with Gasteiger partial charge in [-0.3, -0.25) is 4.79 Å². The van der Waals surface area contributed by atoms with Crippen LogP contribution in [0.25, 0.3) is 0 Å². The summed E-state index contributed by atoms with van der Waals surface area (Å²) >= 11 is 0. The number of nitrogens with one attached hydrogen (secondary N) is 1. The minimum Gasteiger partial charge on any atom is -0.465 e. The fourth-order valence-electron chi connectivity index (χ4n) is 3.29. The molecule has 3 rings (SSSR count). The van der Waals surface area contributed by atoms with Gasteiger partial charge in [0.15, 0.2) is 0 Å². The normalized spacial score (nSPS) is 12.9. The molecule has 0 unspecified atom stereocenters. The van der Waals surface area contributed by atoms with Gasteiger partial charge in [-0.25, -0.2) is 9.59 Å². The van der Waals surface area contributed by atoms with E-state index in [-0.39, 0.29) is 17.2 Å². The summed E-state index contributed by atoms with van der Waals surface area (Å²) in [7, 11) is 2.45. The van der Waals surface area contributed by atoms with Crippen LogP contribution >= 0.6 is 0 Å². The van der Waals surface area contributed by atoms with Crippen molar-refractivity contribution in [2.24, 2.45) is 0 Å². The number of ether oxygens (including phenoxy) is 2. The summed E-state index contributed by atoms with van der Waals surface area (Å²) in [6.07, 6.45) is 6.31. The summed E-state index contributed by atoms with van der Waals surface area (Å²) in [6.45, 7) is 3.85. The van der Waals surface area contributed by atoms with E-state index >= 15 is 0 Å². The lowest BCUT2D eigenvalue weighted by atomic mass is 10.1. The molecule has 32 heavy (non-hydrogen) atoms. The molecule has 0 bridgehead atoms. The number of nitrogens with zero attached hydrogens (tertiary/aromatic N) is 1. The molecular weight excluding hydrogens is 408 g/mol. The van der Waals surface area contributed by atoms with Gasteiger partial charge in [0, 0.05) is 11.9 Å². The third-order valence-corrected chi connectivity index (χ3v) is 4.94. The van der Waals surface area contributed by atoms with E-state index in [1.54, 1.807) is 42.6 Å². The van der Waals surface area contributed by atoms with E-state index in [0.29, 0.717) is 16.9 Å². The second-order valence-corrected chi connectivity index (χ2v) is 7.11. The van der Waals surface area contributed by atoms with Crippen molar-refractivity contribution in [2.45, 2.75) is 13.8 Å². The minimum atomic E-state index is -0.744. The number of rotatable bonds is 5. The Balaban J connectivity index is 2.11. The molecule has 7 nitrogen and oxygen atoms in total. The van der Waals surface area contributed by atoms with Crippen molar-refractivity contribution in [3.05, 3.63) is 94.9 Å². The van der Waals surface area contributed by atoms with Crippen molar-refractivity contribution in [1.29, 1.82) is 0 Å². The van der Waals surface area contributed by atoms with E-state index in [2.05, 4.69) is 5.32 Å². The van der Waals surface area contributed by atoms with Gasteiger partial charge in [-0.1, -0.05) is 30.3 Å². The van der Waals surface area contributed by atoms with E-state index in [9.17, 15) is 14.4 Å². The number of hydrogen-bond acceptors (Lipinski definition) is 6. The second-order valence-electron chi connectivity index (χ2n) is 7.11. The number of methoxy groups -OCH3 is 2. The van der Waals surface area contributed by atoms with Crippen LogP contribution in [0.3, 0.4) is 0 Å². The molecule has 1 aliphatic rings. The fourth-order valence-corrected chi connectivity index (χ4v) is 3.29. The van der Waals surface area contributed by atoms with Gasteiger partial charge in [-0.05, 0) is 55.3 Å². The highest BCUT2D eigenvalue weighted by atomic mass is 16.5. The van der Waals surface area contributed by atoms with Crippen LogP contribution in [0.15, 0.2) is 78.2 Å². The Morgan fingerprint density at radius 3 is 2.34 bits per heavy atom. The maximum atomic E-state index is 13.2. The topological polar surface area (TPSA) is 84.9 Å². The molecular formula is C25H24N2O5. The first-order valence-corrected chi connectivity index (χ1v) is 9.90. The first-order valence-electron chi connectivity index (χ1n) is 9.90. The zero-order chi connectivity index (χ0) is 23.3. The molecule has 164 valence electrons. The van der Waals surface area contributed by atoms with Crippen LogP contribution in [0, 0.1) is 13.8 Å². The molecule has 0 aliphatic carbocycles. The molecule has 2 aromatic rings. The number of para-hydroxylation sites is 1. The quantitative estimate of drug-likeness (QED) is 0.718. The Hall–Kier alpha value is -4.13. The molecule has 1 heterocycles. The van der Waals surface area contributed by atoms with E-state index in [1.807, 2.05) is 32.0 Å². The number of benzene rings is 2. The van der Waals surface area contributed by atoms with Gasteiger partial charge in [-0.2, -0.15) is 0 Å². The average molecular weight is 432 g/mol. The summed E-state index contributed by atoms with van der Waals surface area (Å²) < 4.78 is 9.78. The van der Waals surface area contributed by atoms with E-state index in [4.69, 9.17) is 9.47 Å². The van der Waals surface area contributed by atoms with Gasteiger partial charge < -0.3 is 19.7 Å². The molecule has 0 saturated carbocycles. The third kappa shape index (κ3) is 4.62. The second kappa shape index (κ2) is 9.78. The van der Waals surface area contributed by atoms with Crippen molar-refractivity contribution in [1.82, 2.24) is 0 Å². The van der Waals surface area contributed by atoms with Gasteiger partial charge in [0.1, 0.15) is 5.70 Å². The van der Waals surface area contributed by atoms with Crippen molar-refractivity contribution in [3.63, 3.8) is 0 Å². The largest absolute Gasteiger partial charge is 0.465 e. The highest BCUT2D eigenvalue weighted by Gasteiger charge is 2.29. The standard InChI is InChI=1S/C25H24N2O5/c1-16-12-13-17(2)20(15-16)26-23(28)18-9-5-6-11-21(18)27-14-8-7-10-19(24(29)31-3)22(27)25(30)32-4/h5-15H,1-4H3,(H,26,28). The summed E-state index contributed by atoms with van der Waals surface area (Å²) in [5.41, 5.74) is 3.28. The number of amides is 1. The zero-order valence-electron chi connectivity index (χ0n) is 18.3. The summed E-state index contributed by atoms with van der Waals surface area (Å²) in [5, 5.41) is 2.94. The molecule has 0 atom stereocenters. The van der Waals surface area contributed by atoms with Crippen molar-refractivity contribution < 1.29 is 23.9 Å². The predicted octanol–water partition coefficient (Wildman–Crippen LogP) is 4.05. The number of esters is 2. The van der Waals surface area contributed by atoms with Crippen LogP contribution in [0.4, 0.5) is 11.4 Å². The molecule has 0 aromatic heterocycles. The van der Waals surface area contributed by atoms with E-state index in [1.165, 1.54) is 25.2 Å². The van der Waals surface area contributed by atoms with E-state index < -0.39 is 11.9 Å². The van der Waals surface area contributed by atoms with Crippen LogP contribution in [-0.4, -0.2) is 32.1 Å². The molecule has 1 amide bonds. The smallest absolute Gasteiger partial charge is 0.355 e. The lowest BCUT2D eigenvalue weighted by Gasteiger charge is -2.25. The van der Waals surface area contributed by atoms with Crippen LogP contribution in [0.2, 0.25) is 0 Å². The monoisotopic (exact) mass is 432 g/mol. The highest BCUT2D eigenvalue weighted by Crippen LogP contribution is 2.30. The lowest BCUT2D eigenvalue weighted by molar-refractivity contribution is -0.139. The van der Waals surface area contributed by atoms with E-state index in [0.717, 1.165) is 11.1 Å². The van der Waals surface area contributed by atoms with Gasteiger partial charge >= 0.3 is 11.9 Å². The lowest BCUT2D eigenvalue weighted by Crippen LogP contribution is -2.28. The average Bonchev–Trinajstić information content (AvgIpc) is 3.03. The Morgan fingerprint density at radius 1 is 0.906 bits per heavy atom. The Labute approximate surface area is 186 Å². The van der Waals surface area contributed by atoms with Gasteiger partial charge in [0.05, 0.1) is 31.0 Å². The maximum absolute atomic E-state index is 13.2. The Morgan fingerprint density at radius 2 is 1.62 bits per heavy atom. The SMILES string of the molecule is COC(=O)C1=C(C(=O)OC)N(c2ccccc2C(=O)Nc2cc(C)ccc2C)C=CC=C1. The van der Waals surface area contributed by atoms with Crippen molar-refractivity contribution in [3.8, 4) is 0 Å². The molecule has 0 radical (unpaired) electrons. The number of hydrogen-bond donors (Lipinski definition) is 1. The Kier molecular flexibility index (Phi) is 6.90. The summed E-state index contributed by atoms with van der Waals surface area (Å²) in [6, 6.07) is 12.6. The maximum Gasteiger partial charge on any atom is 0.355 e. The molecule has 1 N–H and O–H groups in total. The Bertz CT molecular complexity index is 1160. The number of anilines is 2. The zero-order valence-corrected chi connectivity index (χ0v) is 18.3. The molecule has 0 spiro atoms. The minimum absolute atomic E-state index is 0.00842. The van der Waals surface area contributed by atoms with Gasteiger partial charge in [0.25, 0.3) is 5.91 Å². The first-order chi connectivity index (χ1) is 15.4. The molecule has 0 saturated heterocycles. The number of carbonyl (C=O) groups is 3. The third-order valence-electron chi connectivity index (χ3n) is 4.94. The van der Waals surface area contributed by atoms with Crippen LogP contribution < -0.4 is 10.2 Å². The molecule has 1 aliphatic heterocycles. The van der Waals surface area contributed by atoms with Gasteiger partial charge in [-0.15, -0.1) is 0 Å². The van der Waals surface area contributed by atoms with Crippen molar-refractivity contribution >= 4 is 29.2 Å². The molecule has 7 heteroatoms. The molecule has 0 fully saturated rings. The van der Waals surface area contributed by atoms with Crippen molar-refractivity contribution in [2.75, 3.05) is 24.4 Å². The highest BCUT2D eigenvalue weighted by molar-refractivity contribution is 6.11. The van der Waals surface area contributed by atoms with Gasteiger partial charge in [0.2, 0.25) is 0 Å². The van der Waals surface area contributed by atoms with Crippen LogP contribution in [0.1, 0.15) is 21.5 Å². The first kappa shape index (κ1) is 22.6. The fraction of sp³-hybridized carbons (Fsp3) is 0.160. The van der Waals surface area contributed by atoms with Crippen LogP contribution in [0.5, 0.6) is 0 Å². The predicted molar refractivity (Wildman–Crippen MR) is 122 cm³/mol. The van der Waals surface area contributed by atoms with Crippen LogP contribution in [-0.2, 0) is 19.1 Å². The summed E-state index contributed by atoms with van der Waals surface area (Å²) in [5.74, 6) is -1.80.